The van der Waals surface area contributed by atoms with Gasteiger partial charge in [-0.1, -0.05) is 0 Å². The number of aryl methyl sites for hydroxylation is 1. The van der Waals surface area contributed by atoms with E-state index in [-0.39, 0.29) is 5.38 Å². The molecule has 0 spiro atoms. The van der Waals surface area contributed by atoms with E-state index in [2.05, 4.69) is 15.9 Å². The molecule has 1 atom stereocenters. The first-order valence-electron chi connectivity index (χ1n) is 4.12. The first-order chi connectivity index (χ1) is 6.66. The Morgan fingerprint density at radius 3 is 2.64 bits per heavy atom. The van der Waals surface area contributed by atoms with Crippen molar-refractivity contribution in [3.63, 3.8) is 0 Å². The van der Waals surface area contributed by atoms with Crippen molar-refractivity contribution in [2.75, 3.05) is 0 Å². The number of furan rings is 1. The van der Waals surface area contributed by atoms with Gasteiger partial charge in [-0.25, -0.2) is 0 Å². The summed E-state index contributed by atoms with van der Waals surface area (Å²) in [6.07, 6.45) is 0. The van der Waals surface area contributed by atoms with Crippen molar-refractivity contribution in [2.24, 2.45) is 0 Å². The monoisotopic (exact) mass is 290 g/mol. The number of rotatable bonds is 2. The summed E-state index contributed by atoms with van der Waals surface area (Å²) in [5.74, 6) is 1.69. The van der Waals surface area contributed by atoms with Crippen LogP contribution in [0.15, 0.2) is 32.5 Å². The molecule has 2 heterocycles. The third kappa shape index (κ3) is 2.05. The maximum atomic E-state index is 6.25. The summed E-state index contributed by atoms with van der Waals surface area (Å²) in [6.45, 7) is 1.91. The Labute approximate surface area is 99.8 Å². The van der Waals surface area contributed by atoms with Crippen molar-refractivity contribution < 1.29 is 4.42 Å². The van der Waals surface area contributed by atoms with Crippen molar-refractivity contribution in [3.8, 4) is 0 Å². The molecule has 0 amide bonds. The van der Waals surface area contributed by atoms with Gasteiger partial charge in [0.05, 0.1) is 3.79 Å². The lowest BCUT2D eigenvalue weighted by Gasteiger charge is -2.02. The van der Waals surface area contributed by atoms with Crippen LogP contribution in [0.1, 0.15) is 21.8 Å². The minimum atomic E-state index is -0.181. The van der Waals surface area contributed by atoms with Crippen molar-refractivity contribution in [1.82, 2.24) is 0 Å². The first kappa shape index (κ1) is 10.3. The van der Waals surface area contributed by atoms with Gasteiger partial charge in [0.25, 0.3) is 0 Å². The zero-order valence-corrected chi connectivity index (χ0v) is 10.6. The van der Waals surface area contributed by atoms with Crippen LogP contribution in [-0.4, -0.2) is 0 Å². The summed E-state index contributed by atoms with van der Waals surface area (Å²) in [5, 5.41) is -0.181. The van der Waals surface area contributed by atoms with Crippen molar-refractivity contribution in [1.29, 1.82) is 0 Å². The predicted molar refractivity (Wildman–Crippen MR) is 63.2 cm³/mol. The van der Waals surface area contributed by atoms with Crippen LogP contribution in [0.5, 0.6) is 0 Å². The normalized spacial score (nSPS) is 13.1. The van der Waals surface area contributed by atoms with Gasteiger partial charge in [-0.05, 0) is 47.1 Å². The van der Waals surface area contributed by atoms with E-state index < -0.39 is 0 Å². The summed E-state index contributed by atoms with van der Waals surface area (Å²) < 4.78 is 6.55. The van der Waals surface area contributed by atoms with Crippen LogP contribution in [0.25, 0.3) is 0 Å². The van der Waals surface area contributed by atoms with Gasteiger partial charge in [0, 0.05) is 4.88 Å². The molecule has 0 aliphatic heterocycles. The molecule has 1 nitrogen and oxygen atoms in total. The van der Waals surface area contributed by atoms with E-state index in [0.29, 0.717) is 0 Å². The Bertz CT molecular complexity index is 395. The topological polar surface area (TPSA) is 13.1 Å². The van der Waals surface area contributed by atoms with E-state index in [1.807, 2.05) is 31.2 Å². The zero-order chi connectivity index (χ0) is 10.1. The lowest BCUT2D eigenvalue weighted by Crippen LogP contribution is -1.85. The van der Waals surface area contributed by atoms with Crippen molar-refractivity contribution in [2.45, 2.75) is 12.3 Å². The summed E-state index contributed by atoms with van der Waals surface area (Å²) >= 11 is 11.3. The maximum Gasteiger partial charge on any atom is 0.127 e. The quantitative estimate of drug-likeness (QED) is 0.728. The average Bonchev–Trinajstić information content (AvgIpc) is 2.73. The van der Waals surface area contributed by atoms with Gasteiger partial charge < -0.3 is 4.42 Å². The van der Waals surface area contributed by atoms with E-state index in [1.54, 1.807) is 11.3 Å². The molecule has 0 aromatic carbocycles. The second-order valence-corrected chi connectivity index (χ2v) is 5.88. The minimum Gasteiger partial charge on any atom is -0.464 e. The average molecular weight is 292 g/mol. The Morgan fingerprint density at radius 1 is 1.36 bits per heavy atom. The molecule has 2 aromatic heterocycles. The molecule has 2 rings (SSSR count). The Balaban J connectivity index is 2.28. The van der Waals surface area contributed by atoms with Crippen LogP contribution in [-0.2, 0) is 0 Å². The summed E-state index contributed by atoms with van der Waals surface area (Å²) in [5.41, 5.74) is 0. The Hall–Kier alpha value is -0.250. The summed E-state index contributed by atoms with van der Waals surface area (Å²) in [4.78, 5) is 1.09. The summed E-state index contributed by atoms with van der Waals surface area (Å²) in [6, 6.07) is 7.84. The number of alkyl halides is 1. The molecule has 2 aromatic rings. The van der Waals surface area contributed by atoms with Gasteiger partial charge >= 0.3 is 0 Å². The molecule has 74 valence electrons. The highest BCUT2D eigenvalue weighted by molar-refractivity contribution is 9.11. The number of hydrogen-bond donors (Lipinski definition) is 0. The van der Waals surface area contributed by atoms with Gasteiger partial charge in [0.2, 0.25) is 0 Å². The zero-order valence-electron chi connectivity index (χ0n) is 7.46. The summed E-state index contributed by atoms with van der Waals surface area (Å²) in [7, 11) is 0. The Kier molecular flexibility index (Phi) is 3.00. The molecule has 0 N–H and O–H groups in total. The van der Waals surface area contributed by atoms with E-state index in [1.165, 1.54) is 0 Å². The SMILES string of the molecule is Cc1ccc(C(Cl)c2ccc(Br)s2)o1. The highest BCUT2D eigenvalue weighted by atomic mass is 79.9. The molecule has 0 bridgehead atoms. The molecular weight excluding hydrogens is 284 g/mol. The molecule has 0 aliphatic carbocycles. The fourth-order valence-corrected chi connectivity index (χ4v) is 2.93. The molecule has 0 radical (unpaired) electrons. The predicted octanol–water partition coefficient (Wildman–Crippen LogP) is 4.74. The number of halogens is 2. The largest absolute Gasteiger partial charge is 0.464 e. The van der Waals surface area contributed by atoms with Crippen molar-refractivity contribution in [3.05, 3.63) is 44.4 Å². The van der Waals surface area contributed by atoms with Gasteiger partial charge in [-0.15, -0.1) is 22.9 Å². The second kappa shape index (κ2) is 4.09. The lowest BCUT2D eigenvalue weighted by atomic mass is 10.3. The van der Waals surface area contributed by atoms with Crippen LogP contribution in [0.4, 0.5) is 0 Å². The molecule has 0 fully saturated rings. The molecule has 0 saturated heterocycles. The second-order valence-electron chi connectivity index (χ2n) is 2.95. The van der Waals surface area contributed by atoms with Crippen LogP contribution in [0.2, 0.25) is 0 Å². The van der Waals surface area contributed by atoms with Crippen LogP contribution in [0, 0.1) is 6.92 Å². The highest BCUT2D eigenvalue weighted by Gasteiger charge is 2.15. The maximum absolute atomic E-state index is 6.25. The van der Waals surface area contributed by atoms with E-state index in [9.17, 15) is 0 Å². The molecular formula is C10H8BrClOS. The fourth-order valence-electron chi connectivity index (χ4n) is 1.19. The fraction of sp³-hybridized carbons (Fsp3) is 0.200. The third-order valence-corrected chi connectivity index (χ3v) is 4.12. The first-order valence-corrected chi connectivity index (χ1v) is 6.17. The Morgan fingerprint density at radius 2 is 2.14 bits per heavy atom. The van der Waals surface area contributed by atoms with Crippen molar-refractivity contribution >= 4 is 38.9 Å². The number of hydrogen-bond acceptors (Lipinski definition) is 2. The molecule has 4 heteroatoms. The molecule has 14 heavy (non-hydrogen) atoms. The van der Waals surface area contributed by atoms with Gasteiger partial charge in [-0.3, -0.25) is 0 Å². The van der Waals surface area contributed by atoms with Crippen LogP contribution < -0.4 is 0 Å². The minimum absolute atomic E-state index is 0.181. The molecule has 0 saturated carbocycles. The molecule has 1 unspecified atom stereocenters. The van der Waals surface area contributed by atoms with Gasteiger partial charge in [0.1, 0.15) is 16.9 Å². The van der Waals surface area contributed by atoms with E-state index in [4.69, 9.17) is 16.0 Å². The van der Waals surface area contributed by atoms with Gasteiger partial charge in [0.15, 0.2) is 0 Å². The van der Waals surface area contributed by atoms with E-state index >= 15 is 0 Å². The highest BCUT2D eigenvalue weighted by Crippen LogP contribution is 2.36. The third-order valence-electron chi connectivity index (χ3n) is 1.85. The molecule has 0 aliphatic rings. The lowest BCUT2D eigenvalue weighted by molar-refractivity contribution is 0.490. The van der Waals surface area contributed by atoms with Crippen LogP contribution in [0.3, 0.4) is 0 Å². The standard InChI is InChI=1S/C10H8BrClOS/c1-6-2-3-7(13-6)10(12)8-4-5-9(11)14-8/h2-5,10H,1H3. The van der Waals surface area contributed by atoms with Gasteiger partial charge in [-0.2, -0.15) is 0 Å². The smallest absolute Gasteiger partial charge is 0.127 e. The number of thiophene rings is 1. The van der Waals surface area contributed by atoms with E-state index in [0.717, 1.165) is 20.2 Å². The van der Waals surface area contributed by atoms with Crippen LogP contribution >= 0.6 is 38.9 Å².